The SMILES string of the molecule is CNC(CCC(C)C)C(F)F. The molecule has 0 radical (unpaired) electrons. The largest absolute Gasteiger partial charge is 0.312 e. The van der Waals surface area contributed by atoms with E-state index >= 15 is 0 Å². The first-order chi connectivity index (χ1) is 5.07. The summed E-state index contributed by atoms with van der Waals surface area (Å²) in [5, 5.41) is 2.61. The Hall–Kier alpha value is -0.180. The lowest BCUT2D eigenvalue weighted by atomic mass is 10.0. The van der Waals surface area contributed by atoms with Crippen LogP contribution in [0.3, 0.4) is 0 Å². The zero-order valence-electron chi connectivity index (χ0n) is 7.40. The highest BCUT2D eigenvalue weighted by Crippen LogP contribution is 2.11. The van der Waals surface area contributed by atoms with E-state index in [1.807, 2.05) is 13.8 Å². The summed E-state index contributed by atoms with van der Waals surface area (Å²) in [4.78, 5) is 0. The number of alkyl halides is 2. The van der Waals surface area contributed by atoms with E-state index in [1.54, 1.807) is 7.05 Å². The van der Waals surface area contributed by atoms with E-state index in [1.165, 1.54) is 0 Å². The van der Waals surface area contributed by atoms with Crippen LogP contribution in [0.25, 0.3) is 0 Å². The van der Waals surface area contributed by atoms with Gasteiger partial charge in [0.05, 0.1) is 6.04 Å². The summed E-state index contributed by atoms with van der Waals surface area (Å²) >= 11 is 0. The Morgan fingerprint density at radius 1 is 1.18 bits per heavy atom. The van der Waals surface area contributed by atoms with Crippen LogP contribution in [0.4, 0.5) is 8.78 Å². The van der Waals surface area contributed by atoms with Crippen LogP contribution in [-0.4, -0.2) is 19.5 Å². The molecule has 0 aliphatic rings. The molecule has 0 aromatic heterocycles. The van der Waals surface area contributed by atoms with Crippen LogP contribution >= 0.6 is 0 Å². The molecular formula is C8H17F2N. The highest BCUT2D eigenvalue weighted by Gasteiger charge is 2.17. The third-order valence-corrected chi connectivity index (χ3v) is 1.73. The minimum absolute atomic E-state index is 0.504. The fraction of sp³-hybridized carbons (Fsp3) is 1.00. The van der Waals surface area contributed by atoms with Crippen LogP contribution in [0.2, 0.25) is 0 Å². The molecule has 1 N–H and O–H groups in total. The molecule has 0 amide bonds. The Labute approximate surface area is 67.2 Å². The predicted molar refractivity (Wildman–Crippen MR) is 42.9 cm³/mol. The summed E-state index contributed by atoms with van der Waals surface area (Å²) in [6, 6.07) is -0.627. The van der Waals surface area contributed by atoms with E-state index in [0.29, 0.717) is 12.3 Å². The zero-order chi connectivity index (χ0) is 8.85. The van der Waals surface area contributed by atoms with Gasteiger partial charge in [0.25, 0.3) is 6.43 Å². The molecule has 0 saturated heterocycles. The second kappa shape index (κ2) is 5.47. The number of hydrogen-bond donors (Lipinski definition) is 1. The maximum atomic E-state index is 12.1. The molecule has 0 saturated carbocycles. The van der Waals surface area contributed by atoms with Crippen molar-refractivity contribution in [2.75, 3.05) is 7.05 Å². The van der Waals surface area contributed by atoms with Crippen molar-refractivity contribution < 1.29 is 8.78 Å². The van der Waals surface area contributed by atoms with E-state index < -0.39 is 12.5 Å². The molecule has 0 fully saturated rings. The van der Waals surface area contributed by atoms with E-state index in [4.69, 9.17) is 0 Å². The molecule has 3 heteroatoms. The predicted octanol–water partition coefficient (Wildman–Crippen LogP) is 2.28. The summed E-state index contributed by atoms with van der Waals surface area (Å²) in [6.07, 6.45) is -0.819. The van der Waals surface area contributed by atoms with Gasteiger partial charge in [-0.3, -0.25) is 0 Å². The Morgan fingerprint density at radius 3 is 2.00 bits per heavy atom. The number of halogens is 2. The van der Waals surface area contributed by atoms with Crippen LogP contribution in [0, 0.1) is 5.92 Å². The van der Waals surface area contributed by atoms with Crippen molar-refractivity contribution in [3.05, 3.63) is 0 Å². The first-order valence-corrected chi connectivity index (χ1v) is 4.03. The summed E-state index contributed by atoms with van der Waals surface area (Å²) in [6.45, 7) is 4.08. The summed E-state index contributed by atoms with van der Waals surface area (Å²) in [5.74, 6) is 0.504. The third-order valence-electron chi connectivity index (χ3n) is 1.73. The lowest BCUT2D eigenvalue weighted by Crippen LogP contribution is -2.32. The van der Waals surface area contributed by atoms with Crippen molar-refractivity contribution in [1.82, 2.24) is 5.32 Å². The topological polar surface area (TPSA) is 12.0 Å². The number of hydrogen-bond acceptors (Lipinski definition) is 1. The van der Waals surface area contributed by atoms with Gasteiger partial charge in [-0.2, -0.15) is 0 Å². The van der Waals surface area contributed by atoms with Crippen LogP contribution in [-0.2, 0) is 0 Å². The first-order valence-electron chi connectivity index (χ1n) is 4.03. The van der Waals surface area contributed by atoms with Crippen molar-refractivity contribution in [2.24, 2.45) is 5.92 Å². The Bertz CT molecular complexity index is 94.1. The third kappa shape index (κ3) is 5.13. The molecule has 11 heavy (non-hydrogen) atoms. The van der Waals surface area contributed by atoms with Gasteiger partial charge in [0, 0.05) is 0 Å². The molecule has 0 heterocycles. The molecule has 1 unspecified atom stereocenters. The second-order valence-corrected chi connectivity index (χ2v) is 3.20. The molecule has 0 aromatic rings. The molecule has 1 atom stereocenters. The van der Waals surface area contributed by atoms with Gasteiger partial charge in [0.15, 0.2) is 0 Å². The number of rotatable bonds is 5. The molecule has 0 aliphatic carbocycles. The van der Waals surface area contributed by atoms with Gasteiger partial charge in [-0.25, -0.2) is 8.78 Å². The van der Waals surface area contributed by atoms with Crippen LogP contribution in [0.15, 0.2) is 0 Å². The van der Waals surface area contributed by atoms with Crippen molar-refractivity contribution in [2.45, 2.75) is 39.2 Å². The molecule has 0 rings (SSSR count). The second-order valence-electron chi connectivity index (χ2n) is 3.20. The standard InChI is InChI=1S/C8H17F2N/c1-6(2)4-5-7(11-3)8(9)10/h6-8,11H,4-5H2,1-3H3. The van der Waals surface area contributed by atoms with Crippen LogP contribution < -0.4 is 5.32 Å². The Balaban J connectivity index is 3.52. The molecule has 0 bridgehead atoms. The lowest BCUT2D eigenvalue weighted by molar-refractivity contribution is 0.0952. The summed E-state index contributed by atoms with van der Waals surface area (Å²) in [5.41, 5.74) is 0. The smallest absolute Gasteiger partial charge is 0.253 e. The molecule has 1 nitrogen and oxygen atoms in total. The van der Waals surface area contributed by atoms with Crippen LogP contribution in [0.5, 0.6) is 0 Å². The molecule has 0 aliphatic heterocycles. The molecular weight excluding hydrogens is 148 g/mol. The summed E-state index contributed by atoms with van der Waals surface area (Å²) in [7, 11) is 1.58. The molecule has 0 spiro atoms. The normalized spacial score (nSPS) is 14.5. The first kappa shape index (κ1) is 10.8. The van der Waals surface area contributed by atoms with Gasteiger partial charge in [0.2, 0.25) is 0 Å². The van der Waals surface area contributed by atoms with Gasteiger partial charge < -0.3 is 5.32 Å². The van der Waals surface area contributed by atoms with E-state index in [9.17, 15) is 8.78 Å². The lowest BCUT2D eigenvalue weighted by Gasteiger charge is -2.15. The van der Waals surface area contributed by atoms with Gasteiger partial charge >= 0.3 is 0 Å². The highest BCUT2D eigenvalue weighted by molar-refractivity contribution is 4.67. The van der Waals surface area contributed by atoms with Crippen molar-refractivity contribution in [3.63, 3.8) is 0 Å². The fourth-order valence-electron chi connectivity index (χ4n) is 0.909. The zero-order valence-corrected chi connectivity index (χ0v) is 7.40. The van der Waals surface area contributed by atoms with Gasteiger partial charge in [-0.1, -0.05) is 13.8 Å². The summed E-state index contributed by atoms with van der Waals surface area (Å²) < 4.78 is 24.2. The highest BCUT2D eigenvalue weighted by atomic mass is 19.3. The Morgan fingerprint density at radius 2 is 1.73 bits per heavy atom. The van der Waals surface area contributed by atoms with Gasteiger partial charge in [-0.15, -0.1) is 0 Å². The minimum atomic E-state index is -2.24. The van der Waals surface area contributed by atoms with Crippen molar-refractivity contribution >= 4 is 0 Å². The minimum Gasteiger partial charge on any atom is -0.312 e. The fourth-order valence-corrected chi connectivity index (χ4v) is 0.909. The molecule has 68 valence electrons. The van der Waals surface area contributed by atoms with Gasteiger partial charge in [-0.05, 0) is 25.8 Å². The maximum absolute atomic E-state index is 12.1. The van der Waals surface area contributed by atoms with Crippen molar-refractivity contribution in [3.8, 4) is 0 Å². The average molecular weight is 165 g/mol. The van der Waals surface area contributed by atoms with E-state index in [2.05, 4.69) is 5.32 Å². The number of nitrogens with one attached hydrogen (secondary N) is 1. The van der Waals surface area contributed by atoms with Crippen LogP contribution in [0.1, 0.15) is 26.7 Å². The average Bonchev–Trinajstić information content (AvgIpc) is 1.87. The van der Waals surface area contributed by atoms with Crippen molar-refractivity contribution in [1.29, 1.82) is 0 Å². The monoisotopic (exact) mass is 165 g/mol. The van der Waals surface area contributed by atoms with E-state index in [-0.39, 0.29) is 0 Å². The Kier molecular flexibility index (Phi) is 5.38. The van der Waals surface area contributed by atoms with E-state index in [0.717, 1.165) is 6.42 Å². The molecule has 0 aromatic carbocycles. The maximum Gasteiger partial charge on any atom is 0.253 e. The quantitative estimate of drug-likeness (QED) is 0.659. The van der Waals surface area contributed by atoms with Gasteiger partial charge in [0.1, 0.15) is 0 Å².